The number of rotatable bonds is 20. The van der Waals surface area contributed by atoms with E-state index in [1.165, 1.54) is 81.3 Å². The van der Waals surface area contributed by atoms with Crippen LogP contribution in [0.4, 0.5) is 0 Å². The average molecular weight is 1100 g/mol. The summed E-state index contributed by atoms with van der Waals surface area (Å²) in [4.78, 5) is 40.7. The van der Waals surface area contributed by atoms with E-state index in [0.29, 0.717) is 94.6 Å². The number of ether oxygens (including phenoxy) is 6. The van der Waals surface area contributed by atoms with Crippen LogP contribution in [0.1, 0.15) is 111 Å². The highest BCUT2D eigenvalue weighted by atomic mass is 35.5. The van der Waals surface area contributed by atoms with Crippen molar-refractivity contribution in [1.82, 2.24) is 49.5 Å². The van der Waals surface area contributed by atoms with Gasteiger partial charge in [-0.1, -0.05) is 35.3 Å². The molecule has 0 amide bonds. The Morgan fingerprint density at radius 3 is 1.15 bits per heavy atom. The van der Waals surface area contributed by atoms with Crippen LogP contribution < -0.4 is 18.9 Å². The molecule has 2 fully saturated rings. The summed E-state index contributed by atoms with van der Waals surface area (Å²) in [5.74, 6) is 2.37. The quantitative estimate of drug-likeness (QED) is 0.0788. The molecule has 6 atom stereocenters. The van der Waals surface area contributed by atoms with E-state index < -0.39 is 53.9 Å². The molecule has 0 saturated heterocycles. The molecule has 22 nitrogen and oxygen atoms in total. The first-order chi connectivity index (χ1) is 35.4. The second-order valence-corrected chi connectivity index (χ2v) is 23.0. The molecule has 74 heavy (non-hydrogen) atoms. The van der Waals surface area contributed by atoms with Gasteiger partial charge in [0.25, 0.3) is 0 Å². The number of carbonyl (C=O) groups excluding carboxylic acids is 2. The standard InChI is InChI=1S/2C24H28ClN5O6S/c2*1-14(22(36-4)23-26-11-16(25)12-27-23)37(32,33)13-20-28-29-24(15-8-9-17(31)10-15)30(20)21-18(34-2)6-5-7-19(21)35-3/h2*5-7,11-12,14-15,22H,8-10,13H2,1-4H3/t14-,15+,22-;14-,15-,22-/m00/s1. The Hall–Kier alpha value is -6.18. The van der Waals surface area contributed by atoms with Gasteiger partial charge in [0.2, 0.25) is 0 Å². The number of methoxy groups -OCH3 is 6. The smallest absolute Gasteiger partial charge is 0.163 e. The van der Waals surface area contributed by atoms with Gasteiger partial charge < -0.3 is 28.4 Å². The van der Waals surface area contributed by atoms with Crippen LogP contribution in [0.2, 0.25) is 10.0 Å². The van der Waals surface area contributed by atoms with E-state index in [9.17, 15) is 26.4 Å². The summed E-state index contributed by atoms with van der Waals surface area (Å²) in [6, 6.07) is 10.5. The summed E-state index contributed by atoms with van der Waals surface area (Å²) in [6.07, 6.45) is 6.32. The molecule has 4 heterocycles. The molecular weight excluding hydrogens is 1040 g/mol. The predicted octanol–water partition coefficient (Wildman–Crippen LogP) is 6.51. The van der Waals surface area contributed by atoms with E-state index in [2.05, 4.69) is 40.3 Å². The van der Waals surface area contributed by atoms with Gasteiger partial charge in [-0.25, -0.2) is 36.8 Å². The number of para-hydroxylation sites is 2. The van der Waals surface area contributed by atoms with Crippen LogP contribution in [0.15, 0.2) is 61.2 Å². The van der Waals surface area contributed by atoms with Gasteiger partial charge in [0.15, 0.2) is 43.0 Å². The second kappa shape index (κ2) is 24.0. The highest BCUT2D eigenvalue weighted by Gasteiger charge is 2.39. The maximum atomic E-state index is 13.7. The third-order valence-corrected chi connectivity index (χ3v) is 17.4. The third kappa shape index (κ3) is 12.0. The number of Topliss-reactive ketones (excluding diaryl/α,β-unsaturated/α-hetero) is 2. The minimum atomic E-state index is -3.88. The molecule has 6 aromatic rings. The zero-order chi connectivity index (χ0) is 53.5. The summed E-state index contributed by atoms with van der Waals surface area (Å²) >= 11 is 11.8. The lowest BCUT2D eigenvalue weighted by Gasteiger charge is -2.22. The molecular formula is C48H56Cl2N10O12S2. The molecule has 0 aliphatic heterocycles. The fourth-order valence-electron chi connectivity index (χ4n) is 8.99. The normalized spacial score (nSPS) is 17.5. The maximum absolute atomic E-state index is 13.7. The minimum Gasteiger partial charge on any atom is -0.494 e. The molecule has 8 rings (SSSR count). The molecule has 2 saturated carbocycles. The lowest BCUT2D eigenvalue weighted by Crippen LogP contribution is -2.30. The van der Waals surface area contributed by atoms with Crippen molar-refractivity contribution in [3.63, 3.8) is 0 Å². The van der Waals surface area contributed by atoms with Gasteiger partial charge in [0.1, 0.15) is 81.3 Å². The molecule has 0 bridgehead atoms. The van der Waals surface area contributed by atoms with Crippen LogP contribution in [-0.2, 0) is 50.2 Å². The van der Waals surface area contributed by atoms with Gasteiger partial charge in [0.05, 0.1) is 49.0 Å². The van der Waals surface area contributed by atoms with Crippen molar-refractivity contribution in [2.75, 3.05) is 42.7 Å². The number of carbonyl (C=O) groups is 2. The summed E-state index contributed by atoms with van der Waals surface area (Å²) < 4.78 is 91.2. The maximum Gasteiger partial charge on any atom is 0.163 e. The molecule has 0 N–H and O–H groups in total. The Morgan fingerprint density at radius 1 is 0.554 bits per heavy atom. The van der Waals surface area contributed by atoms with Gasteiger partial charge >= 0.3 is 0 Å². The zero-order valence-corrected chi connectivity index (χ0v) is 45.0. The molecule has 2 aromatic carbocycles. The molecule has 396 valence electrons. The molecule has 2 aliphatic carbocycles. The lowest BCUT2D eigenvalue weighted by molar-refractivity contribution is -0.118. The largest absolute Gasteiger partial charge is 0.494 e. The van der Waals surface area contributed by atoms with Crippen LogP contribution in [0.3, 0.4) is 0 Å². The van der Waals surface area contributed by atoms with Crippen LogP contribution in [0.25, 0.3) is 11.4 Å². The van der Waals surface area contributed by atoms with E-state index in [1.54, 1.807) is 45.5 Å². The van der Waals surface area contributed by atoms with Crippen molar-refractivity contribution in [3.8, 4) is 34.4 Å². The zero-order valence-electron chi connectivity index (χ0n) is 41.8. The number of nitrogens with zero attached hydrogens (tertiary/aromatic N) is 10. The summed E-state index contributed by atoms with van der Waals surface area (Å²) in [5.41, 5.74) is 0.933. The minimum absolute atomic E-state index is 0.125. The number of benzene rings is 2. The Morgan fingerprint density at radius 2 is 0.878 bits per heavy atom. The Labute approximate surface area is 438 Å². The van der Waals surface area contributed by atoms with Crippen molar-refractivity contribution >= 4 is 54.4 Å². The molecule has 0 radical (unpaired) electrons. The third-order valence-electron chi connectivity index (χ3n) is 12.9. The van der Waals surface area contributed by atoms with Crippen molar-refractivity contribution in [1.29, 1.82) is 0 Å². The van der Waals surface area contributed by atoms with Gasteiger partial charge in [-0.2, -0.15) is 0 Å². The fourth-order valence-corrected chi connectivity index (χ4v) is 12.0. The molecule has 2 aliphatic rings. The predicted molar refractivity (Wildman–Crippen MR) is 270 cm³/mol. The number of hydrogen-bond donors (Lipinski definition) is 0. The van der Waals surface area contributed by atoms with E-state index in [0.717, 1.165) is 0 Å². The Bertz CT molecular complexity index is 2920. The van der Waals surface area contributed by atoms with E-state index in [4.69, 9.17) is 51.6 Å². The Kier molecular flexibility index (Phi) is 18.0. The Balaban J connectivity index is 0.000000216. The topological polar surface area (TPSA) is 271 Å². The van der Waals surface area contributed by atoms with Crippen molar-refractivity contribution in [3.05, 3.63) is 106 Å². The number of aromatic nitrogens is 10. The van der Waals surface area contributed by atoms with Crippen LogP contribution in [0, 0.1) is 0 Å². The molecule has 4 aromatic heterocycles. The first-order valence-electron chi connectivity index (χ1n) is 23.2. The first kappa shape index (κ1) is 55.6. The summed E-state index contributed by atoms with van der Waals surface area (Å²) in [7, 11) is 1.06. The van der Waals surface area contributed by atoms with Crippen LogP contribution >= 0.6 is 23.2 Å². The van der Waals surface area contributed by atoms with Crippen molar-refractivity contribution in [2.24, 2.45) is 0 Å². The number of halogens is 2. The highest BCUT2D eigenvalue weighted by molar-refractivity contribution is 7.91. The number of hydrogen-bond acceptors (Lipinski definition) is 20. The molecule has 26 heteroatoms. The van der Waals surface area contributed by atoms with Crippen LogP contribution in [0.5, 0.6) is 23.0 Å². The monoisotopic (exact) mass is 1100 g/mol. The fraction of sp³-hybridized carbons (Fsp3) is 0.458. The lowest BCUT2D eigenvalue weighted by atomic mass is 10.1. The van der Waals surface area contributed by atoms with Gasteiger partial charge in [-0.3, -0.25) is 18.7 Å². The molecule has 0 spiro atoms. The van der Waals surface area contributed by atoms with E-state index in [1.807, 2.05) is 0 Å². The van der Waals surface area contributed by atoms with Gasteiger partial charge in [-0.05, 0) is 51.0 Å². The number of sulfone groups is 2. The van der Waals surface area contributed by atoms with Gasteiger partial charge in [-0.15, -0.1) is 20.4 Å². The second-order valence-electron chi connectivity index (χ2n) is 17.5. The van der Waals surface area contributed by atoms with E-state index in [-0.39, 0.29) is 46.7 Å². The van der Waals surface area contributed by atoms with E-state index >= 15 is 0 Å². The van der Waals surface area contributed by atoms with Crippen molar-refractivity contribution < 1.29 is 54.8 Å². The SMILES string of the molecule is COc1cccc(OC)c1-n1c(CS(=O)(=O)[C@@H](C)[C@H](OC)c2ncc(Cl)cn2)nnc1[C@@H]1CCC(=O)C1.COc1cccc(OC)c1-n1c(CS(=O)(=O)[C@@H](C)[C@H](OC)c2ncc(Cl)cn2)nnc1[C@H]1CCC(=O)C1. The molecule has 0 unspecified atom stereocenters. The van der Waals surface area contributed by atoms with Crippen LogP contribution in [-0.4, -0.2) is 131 Å². The summed E-state index contributed by atoms with van der Waals surface area (Å²) in [5, 5.41) is 15.8. The average Bonchev–Trinajstić information content (AvgIpc) is 4.22. The summed E-state index contributed by atoms with van der Waals surface area (Å²) in [6.45, 7) is 3.06. The van der Waals surface area contributed by atoms with Gasteiger partial charge in [0, 0.05) is 76.5 Å². The first-order valence-corrected chi connectivity index (χ1v) is 27.4. The highest BCUT2D eigenvalue weighted by Crippen LogP contribution is 2.41. The van der Waals surface area contributed by atoms with Crippen molar-refractivity contribution in [2.45, 2.75) is 98.4 Å². The number of ketones is 2.